The predicted molar refractivity (Wildman–Crippen MR) is 71.0 cm³/mol. The summed E-state index contributed by atoms with van der Waals surface area (Å²) in [6, 6.07) is 6.86. The van der Waals surface area contributed by atoms with Gasteiger partial charge in [0.25, 0.3) is 0 Å². The fraction of sp³-hybridized carbons (Fsp3) is 0.357. The SMILES string of the molecule is CCC(Nc1cnn(CC)c1)c1ccccc1F. The zero-order chi connectivity index (χ0) is 13.0. The largest absolute Gasteiger partial charge is 0.376 e. The van der Waals surface area contributed by atoms with Crippen LogP contribution in [0.2, 0.25) is 0 Å². The molecule has 0 bridgehead atoms. The molecule has 96 valence electrons. The summed E-state index contributed by atoms with van der Waals surface area (Å²) in [4.78, 5) is 0. The minimum absolute atomic E-state index is 0.0271. The number of nitrogens with one attached hydrogen (secondary N) is 1. The van der Waals surface area contributed by atoms with Gasteiger partial charge in [-0.2, -0.15) is 5.10 Å². The zero-order valence-electron chi connectivity index (χ0n) is 10.7. The monoisotopic (exact) mass is 247 g/mol. The minimum Gasteiger partial charge on any atom is -0.376 e. The molecule has 1 unspecified atom stereocenters. The van der Waals surface area contributed by atoms with Gasteiger partial charge in [0.2, 0.25) is 0 Å². The quantitative estimate of drug-likeness (QED) is 0.874. The Kier molecular flexibility index (Phi) is 3.97. The zero-order valence-corrected chi connectivity index (χ0v) is 10.7. The summed E-state index contributed by atoms with van der Waals surface area (Å²) in [5.74, 6) is -0.167. The lowest BCUT2D eigenvalue weighted by Crippen LogP contribution is -2.11. The Morgan fingerprint density at radius 2 is 2.11 bits per heavy atom. The molecule has 0 fully saturated rings. The van der Waals surface area contributed by atoms with E-state index in [4.69, 9.17) is 0 Å². The fourth-order valence-corrected chi connectivity index (χ4v) is 1.97. The number of aromatic nitrogens is 2. The van der Waals surface area contributed by atoms with Crippen molar-refractivity contribution in [2.24, 2.45) is 0 Å². The topological polar surface area (TPSA) is 29.9 Å². The number of anilines is 1. The lowest BCUT2D eigenvalue weighted by molar-refractivity contribution is 0.587. The Morgan fingerprint density at radius 1 is 1.33 bits per heavy atom. The Hall–Kier alpha value is -1.84. The van der Waals surface area contributed by atoms with Gasteiger partial charge in [0.1, 0.15) is 5.82 Å². The van der Waals surface area contributed by atoms with Crippen LogP contribution in [-0.2, 0) is 6.54 Å². The molecule has 2 rings (SSSR count). The van der Waals surface area contributed by atoms with Crippen LogP contribution in [-0.4, -0.2) is 9.78 Å². The smallest absolute Gasteiger partial charge is 0.128 e. The molecule has 0 aliphatic carbocycles. The van der Waals surface area contributed by atoms with Gasteiger partial charge in [0.05, 0.1) is 17.9 Å². The van der Waals surface area contributed by atoms with E-state index in [9.17, 15) is 4.39 Å². The highest BCUT2D eigenvalue weighted by Gasteiger charge is 2.13. The third-order valence-corrected chi connectivity index (χ3v) is 2.99. The third-order valence-electron chi connectivity index (χ3n) is 2.99. The molecule has 1 N–H and O–H groups in total. The summed E-state index contributed by atoms with van der Waals surface area (Å²) >= 11 is 0. The first kappa shape index (κ1) is 12.6. The summed E-state index contributed by atoms with van der Waals surface area (Å²) in [7, 11) is 0. The van der Waals surface area contributed by atoms with Crippen molar-refractivity contribution in [2.75, 3.05) is 5.32 Å². The molecule has 1 aromatic carbocycles. The van der Waals surface area contributed by atoms with Crippen molar-refractivity contribution in [2.45, 2.75) is 32.9 Å². The van der Waals surface area contributed by atoms with Crippen LogP contribution in [0.25, 0.3) is 0 Å². The van der Waals surface area contributed by atoms with Gasteiger partial charge in [-0.1, -0.05) is 25.1 Å². The van der Waals surface area contributed by atoms with Gasteiger partial charge in [-0.05, 0) is 19.4 Å². The predicted octanol–water partition coefficient (Wildman–Crippen LogP) is 3.61. The van der Waals surface area contributed by atoms with Crippen molar-refractivity contribution >= 4 is 5.69 Å². The first-order valence-corrected chi connectivity index (χ1v) is 6.28. The van der Waals surface area contributed by atoms with Gasteiger partial charge >= 0.3 is 0 Å². The first-order chi connectivity index (χ1) is 8.74. The van der Waals surface area contributed by atoms with Gasteiger partial charge in [-0.3, -0.25) is 4.68 Å². The van der Waals surface area contributed by atoms with Crippen LogP contribution in [0.15, 0.2) is 36.7 Å². The number of nitrogens with zero attached hydrogens (tertiary/aromatic N) is 2. The first-order valence-electron chi connectivity index (χ1n) is 6.28. The van der Waals surface area contributed by atoms with Crippen molar-refractivity contribution in [1.82, 2.24) is 9.78 Å². The molecule has 1 aromatic heterocycles. The molecule has 18 heavy (non-hydrogen) atoms. The van der Waals surface area contributed by atoms with Crippen LogP contribution in [0, 0.1) is 5.82 Å². The summed E-state index contributed by atoms with van der Waals surface area (Å²) in [5, 5.41) is 7.52. The van der Waals surface area contributed by atoms with Gasteiger partial charge in [-0.15, -0.1) is 0 Å². The van der Waals surface area contributed by atoms with Crippen LogP contribution in [0.1, 0.15) is 31.9 Å². The molecular weight excluding hydrogens is 229 g/mol. The van der Waals surface area contributed by atoms with Crippen LogP contribution in [0.3, 0.4) is 0 Å². The van der Waals surface area contributed by atoms with E-state index in [2.05, 4.69) is 10.4 Å². The Labute approximate surface area is 107 Å². The number of rotatable bonds is 5. The van der Waals surface area contributed by atoms with E-state index >= 15 is 0 Å². The molecule has 1 atom stereocenters. The van der Waals surface area contributed by atoms with Gasteiger partial charge in [-0.25, -0.2) is 4.39 Å². The molecule has 1 heterocycles. The molecule has 0 spiro atoms. The Bertz CT molecular complexity index is 507. The van der Waals surface area contributed by atoms with E-state index in [-0.39, 0.29) is 11.9 Å². The molecule has 0 saturated carbocycles. The summed E-state index contributed by atoms with van der Waals surface area (Å²) in [6.07, 6.45) is 4.52. The number of halogens is 1. The standard InChI is InChI=1S/C14H18FN3/c1-3-14(12-7-5-6-8-13(12)15)17-11-9-16-18(4-2)10-11/h5-10,14,17H,3-4H2,1-2H3. The van der Waals surface area contributed by atoms with Crippen molar-refractivity contribution in [3.63, 3.8) is 0 Å². The van der Waals surface area contributed by atoms with E-state index in [1.165, 1.54) is 6.07 Å². The maximum absolute atomic E-state index is 13.7. The number of hydrogen-bond donors (Lipinski definition) is 1. The minimum atomic E-state index is -0.167. The average Bonchev–Trinajstić information content (AvgIpc) is 2.85. The van der Waals surface area contributed by atoms with Crippen molar-refractivity contribution in [1.29, 1.82) is 0 Å². The van der Waals surface area contributed by atoms with Gasteiger partial charge < -0.3 is 5.32 Å². The third kappa shape index (κ3) is 2.70. The average molecular weight is 247 g/mol. The molecule has 0 saturated heterocycles. The molecule has 0 amide bonds. The summed E-state index contributed by atoms with van der Waals surface area (Å²) in [6.45, 7) is 4.90. The highest BCUT2D eigenvalue weighted by atomic mass is 19.1. The molecule has 3 nitrogen and oxygen atoms in total. The molecular formula is C14H18FN3. The van der Waals surface area contributed by atoms with Crippen LogP contribution in [0.5, 0.6) is 0 Å². The fourth-order valence-electron chi connectivity index (χ4n) is 1.97. The molecule has 0 aliphatic heterocycles. The second-order valence-corrected chi connectivity index (χ2v) is 4.21. The summed E-state index contributed by atoms with van der Waals surface area (Å²) in [5.41, 5.74) is 1.62. The highest BCUT2D eigenvalue weighted by Crippen LogP contribution is 2.24. The highest BCUT2D eigenvalue weighted by molar-refractivity contribution is 5.42. The number of aryl methyl sites for hydroxylation is 1. The maximum atomic E-state index is 13.7. The lowest BCUT2D eigenvalue weighted by Gasteiger charge is -2.18. The van der Waals surface area contributed by atoms with Crippen molar-refractivity contribution in [3.8, 4) is 0 Å². The second-order valence-electron chi connectivity index (χ2n) is 4.21. The van der Waals surface area contributed by atoms with Crippen LogP contribution >= 0.6 is 0 Å². The van der Waals surface area contributed by atoms with E-state index in [1.807, 2.05) is 36.9 Å². The Balaban J connectivity index is 2.17. The normalized spacial score (nSPS) is 12.4. The lowest BCUT2D eigenvalue weighted by atomic mass is 10.0. The van der Waals surface area contributed by atoms with Crippen LogP contribution in [0.4, 0.5) is 10.1 Å². The second kappa shape index (κ2) is 5.67. The van der Waals surface area contributed by atoms with Crippen LogP contribution < -0.4 is 5.32 Å². The molecule has 4 heteroatoms. The summed E-state index contributed by atoms with van der Waals surface area (Å²) < 4.78 is 15.6. The van der Waals surface area contributed by atoms with E-state index < -0.39 is 0 Å². The molecule has 2 aromatic rings. The maximum Gasteiger partial charge on any atom is 0.128 e. The van der Waals surface area contributed by atoms with Crippen molar-refractivity contribution < 1.29 is 4.39 Å². The number of benzene rings is 1. The van der Waals surface area contributed by atoms with Gasteiger partial charge in [0, 0.05) is 18.3 Å². The van der Waals surface area contributed by atoms with E-state index in [1.54, 1.807) is 12.3 Å². The van der Waals surface area contributed by atoms with E-state index in [0.29, 0.717) is 5.56 Å². The molecule has 0 radical (unpaired) electrons. The van der Waals surface area contributed by atoms with Gasteiger partial charge in [0.15, 0.2) is 0 Å². The Morgan fingerprint density at radius 3 is 2.72 bits per heavy atom. The molecule has 0 aliphatic rings. The number of hydrogen-bond acceptors (Lipinski definition) is 2. The van der Waals surface area contributed by atoms with Crippen molar-refractivity contribution in [3.05, 3.63) is 48.0 Å². The van der Waals surface area contributed by atoms with E-state index in [0.717, 1.165) is 18.7 Å².